The summed E-state index contributed by atoms with van der Waals surface area (Å²) < 4.78 is 0. The fourth-order valence-electron chi connectivity index (χ4n) is 1.62. The van der Waals surface area contributed by atoms with E-state index in [1.165, 1.54) is 38.2 Å². The maximum atomic E-state index is 10.2. The molecule has 0 aliphatic carbocycles. The van der Waals surface area contributed by atoms with E-state index in [-0.39, 0.29) is 0 Å². The lowest BCUT2D eigenvalue weighted by Crippen LogP contribution is -1.86. The summed E-state index contributed by atoms with van der Waals surface area (Å²) in [6.07, 6.45) is 13.1. The van der Waals surface area contributed by atoms with Crippen LogP contribution >= 0.6 is 0 Å². The van der Waals surface area contributed by atoms with Gasteiger partial charge in [-0.05, 0) is 19.3 Å². The van der Waals surface area contributed by atoms with Crippen LogP contribution in [0.2, 0.25) is 0 Å². The highest BCUT2D eigenvalue weighted by molar-refractivity contribution is 5.79. The zero-order valence-corrected chi connectivity index (χ0v) is 10.0. The third-order valence-corrected chi connectivity index (χ3v) is 2.54. The predicted octanol–water partition coefficient (Wildman–Crippen LogP) is 3.13. The molecule has 0 amide bonds. The summed E-state index contributed by atoms with van der Waals surface area (Å²) in [6, 6.07) is 0. The molecular weight excluding hydrogens is 204 g/mol. The molecule has 94 valence electrons. The molecule has 0 saturated carbocycles. The molecule has 2 N–H and O–H groups in total. The van der Waals surface area contributed by atoms with Gasteiger partial charge in [-0.15, -0.1) is 0 Å². The molecule has 0 spiro atoms. The Hall–Kier alpha value is -0.830. The monoisotopic (exact) mass is 228 g/mol. The van der Waals surface area contributed by atoms with Gasteiger partial charge in [0.15, 0.2) is 0 Å². The lowest BCUT2D eigenvalue weighted by atomic mass is 10.1. The minimum absolute atomic E-state index is 0.315. The number of carbonyl (C=O) groups is 1. The first-order chi connectivity index (χ1) is 7.77. The number of allylic oxidation sites excluding steroid dienone is 1. The fourth-order valence-corrected chi connectivity index (χ4v) is 1.62. The van der Waals surface area contributed by atoms with Gasteiger partial charge in [-0.25, -0.2) is 4.79 Å². The number of hydrogen-bond acceptors (Lipinski definition) is 2. The quantitative estimate of drug-likeness (QED) is 0.422. The Labute approximate surface area is 98.2 Å². The van der Waals surface area contributed by atoms with E-state index in [9.17, 15) is 4.79 Å². The number of carboxylic acids is 1. The molecule has 0 aliphatic heterocycles. The summed E-state index contributed by atoms with van der Waals surface area (Å²) in [5.74, 6) is -0.858. The van der Waals surface area contributed by atoms with Crippen LogP contribution in [0.3, 0.4) is 0 Å². The highest BCUT2D eigenvalue weighted by Crippen LogP contribution is 2.09. The summed E-state index contributed by atoms with van der Waals surface area (Å²) in [4.78, 5) is 10.2. The number of rotatable bonds is 11. The van der Waals surface area contributed by atoms with Crippen molar-refractivity contribution in [1.82, 2.24) is 0 Å². The standard InChI is InChI=1S/C13H24O3/c14-12-10-8-6-4-2-1-3-5-7-9-11-13(15)16/h9,11,14H,1-8,10,12H2,(H,15,16)/b11-9+. The van der Waals surface area contributed by atoms with E-state index in [1.54, 1.807) is 6.08 Å². The van der Waals surface area contributed by atoms with E-state index < -0.39 is 5.97 Å². The number of carboxylic acid groups (broad SMARTS) is 1. The van der Waals surface area contributed by atoms with Gasteiger partial charge in [0.1, 0.15) is 0 Å². The van der Waals surface area contributed by atoms with E-state index in [1.807, 2.05) is 0 Å². The van der Waals surface area contributed by atoms with Crippen molar-refractivity contribution in [3.05, 3.63) is 12.2 Å². The molecule has 3 nitrogen and oxygen atoms in total. The van der Waals surface area contributed by atoms with Crippen molar-refractivity contribution in [3.63, 3.8) is 0 Å². The molecular formula is C13H24O3. The van der Waals surface area contributed by atoms with Crippen LogP contribution in [0.5, 0.6) is 0 Å². The Kier molecular flexibility index (Phi) is 11.6. The summed E-state index contributed by atoms with van der Waals surface area (Å²) in [6.45, 7) is 0.315. The molecule has 3 heteroatoms. The van der Waals surface area contributed by atoms with Gasteiger partial charge in [-0.1, -0.05) is 44.6 Å². The highest BCUT2D eigenvalue weighted by atomic mass is 16.4. The van der Waals surface area contributed by atoms with Crippen LogP contribution in [0.25, 0.3) is 0 Å². The molecule has 16 heavy (non-hydrogen) atoms. The molecule has 0 unspecified atom stereocenters. The first kappa shape index (κ1) is 15.2. The Morgan fingerprint density at radius 2 is 1.38 bits per heavy atom. The SMILES string of the molecule is O=C(O)/C=C/CCCCCCCCCCO. The largest absolute Gasteiger partial charge is 0.478 e. The zero-order chi connectivity index (χ0) is 12.1. The summed E-state index contributed by atoms with van der Waals surface area (Å²) in [7, 11) is 0. The average molecular weight is 228 g/mol. The average Bonchev–Trinajstić information content (AvgIpc) is 2.25. The number of aliphatic hydroxyl groups excluding tert-OH is 1. The first-order valence-electron chi connectivity index (χ1n) is 6.27. The second-order valence-corrected chi connectivity index (χ2v) is 4.08. The Bertz CT molecular complexity index is 188. The third-order valence-electron chi connectivity index (χ3n) is 2.54. The van der Waals surface area contributed by atoms with Crippen LogP contribution in [0.4, 0.5) is 0 Å². The molecule has 0 aromatic rings. The molecule has 0 atom stereocenters. The molecule has 0 saturated heterocycles. The topological polar surface area (TPSA) is 57.5 Å². The van der Waals surface area contributed by atoms with E-state index in [0.29, 0.717) is 6.61 Å². The van der Waals surface area contributed by atoms with Crippen molar-refractivity contribution in [2.75, 3.05) is 6.61 Å². The lowest BCUT2D eigenvalue weighted by Gasteiger charge is -2.00. The van der Waals surface area contributed by atoms with E-state index in [0.717, 1.165) is 25.7 Å². The number of aliphatic carboxylic acids is 1. The van der Waals surface area contributed by atoms with Crippen molar-refractivity contribution in [3.8, 4) is 0 Å². The Morgan fingerprint density at radius 3 is 1.88 bits per heavy atom. The van der Waals surface area contributed by atoms with Gasteiger partial charge in [0, 0.05) is 12.7 Å². The summed E-state index contributed by atoms with van der Waals surface area (Å²) in [5.41, 5.74) is 0. The molecule has 0 heterocycles. The molecule has 0 aromatic heterocycles. The van der Waals surface area contributed by atoms with Crippen molar-refractivity contribution >= 4 is 5.97 Å². The molecule has 0 bridgehead atoms. The van der Waals surface area contributed by atoms with Crippen molar-refractivity contribution in [2.24, 2.45) is 0 Å². The van der Waals surface area contributed by atoms with Crippen LogP contribution in [0.15, 0.2) is 12.2 Å². The van der Waals surface area contributed by atoms with Crippen LogP contribution in [0, 0.1) is 0 Å². The fraction of sp³-hybridized carbons (Fsp3) is 0.769. The van der Waals surface area contributed by atoms with Crippen molar-refractivity contribution in [2.45, 2.75) is 57.8 Å². The van der Waals surface area contributed by atoms with Gasteiger partial charge in [0.25, 0.3) is 0 Å². The molecule has 0 aromatic carbocycles. The summed E-state index contributed by atoms with van der Waals surface area (Å²) in [5, 5.41) is 16.9. The third kappa shape index (κ3) is 13.2. The lowest BCUT2D eigenvalue weighted by molar-refractivity contribution is -0.131. The zero-order valence-electron chi connectivity index (χ0n) is 10.0. The predicted molar refractivity (Wildman–Crippen MR) is 65.4 cm³/mol. The molecule has 0 radical (unpaired) electrons. The van der Waals surface area contributed by atoms with Crippen LogP contribution in [-0.4, -0.2) is 22.8 Å². The number of hydrogen-bond donors (Lipinski definition) is 2. The smallest absolute Gasteiger partial charge is 0.327 e. The second kappa shape index (κ2) is 12.2. The van der Waals surface area contributed by atoms with E-state index in [2.05, 4.69) is 0 Å². The van der Waals surface area contributed by atoms with E-state index in [4.69, 9.17) is 10.2 Å². The van der Waals surface area contributed by atoms with Crippen LogP contribution in [0.1, 0.15) is 57.8 Å². The van der Waals surface area contributed by atoms with Gasteiger partial charge in [0.05, 0.1) is 0 Å². The minimum Gasteiger partial charge on any atom is -0.478 e. The maximum absolute atomic E-state index is 10.2. The highest BCUT2D eigenvalue weighted by Gasteiger charge is 1.91. The van der Waals surface area contributed by atoms with Gasteiger partial charge < -0.3 is 10.2 Å². The van der Waals surface area contributed by atoms with Crippen LogP contribution < -0.4 is 0 Å². The van der Waals surface area contributed by atoms with Gasteiger partial charge in [0.2, 0.25) is 0 Å². The maximum Gasteiger partial charge on any atom is 0.327 e. The Morgan fingerprint density at radius 1 is 0.875 bits per heavy atom. The molecule has 0 rings (SSSR count). The van der Waals surface area contributed by atoms with Gasteiger partial charge >= 0.3 is 5.97 Å². The Balaban J connectivity index is 3.01. The molecule has 0 aliphatic rings. The molecule has 0 fully saturated rings. The number of unbranched alkanes of at least 4 members (excludes halogenated alkanes) is 8. The van der Waals surface area contributed by atoms with E-state index >= 15 is 0 Å². The van der Waals surface area contributed by atoms with Crippen molar-refractivity contribution < 1.29 is 15.0 Å². The minimum atomic E-state index is -0.858. The first-order valence-corrected chi connectivity index (χ1v) is 6.27. The number of aliphatic hydroxyl groups is 1. The normalized spacial score (nSPS) is 11.1. The van der Waals surface area contributed by atoms with Gasteiger partial charge in [-0.3, -0.25) is 0 Å². The van der Waals surface area contributed by atoms with Gasteiger partial charge in [-0.2, -0.15) is 0 Å². The van der Waals surface area contributed by atoms with Crippen molar-refractivity contribution in [1.29, 1.82) is 0 Å². The summed E-state index contributed by atoms with van der Waals surface area (Å²) >= 11 is 0. The van der Waals surface area contributed by atoms with Crippen LogP contribution in [-0.2, 0) is 4.79 Å². The second-order valence-electron chi connectivity index (χ2n) is 4.08.